The molecule has 2 aliphatic heterocycles. The van der Waals surface area contributed by atoms with Gasteiger partial charge in [0, 0.05) is 43.8 Å². The minimum Gasteiger partial charge on any atom is -0.369 e. The van der Waals surface area contributed by atoms with Crippen LogP contribution in [0.3, 0.4) is 0 Å². The molecule has 2 heterocycles. The average Bonchev–Trinajstić information content (AvgIpc) is 2.94. The minimum atomic E-state index is 0.162. The molecule has 102 valence electrons. The van der Waals surface area contributed by atoms with Crippen LogP contribution in [0.4, 0.5) is 11.4 Å². The lowest BCUT2D eigenvalue weighted by Crippen LogP contribution is -2.44. The molecule has 1 unspecified atom stereocenters. The Morgan fingerprint density at radius 3 is 2.47 bits per heavy atom. The predicted octanol–water partition coefficient (Wildman–Crippen LogP) is 0.798. The molecule has 1 aromatic rings. The molecule has 0 amide bonds. The lowest BCUT2D eigenvalue weighted by Gasteiger charge is -2.34. The van der Waals surface area contributed by atoms with E-state index in [-0.39, 0.29) is 6.17 Å². The second kappa shape index (κ2) is 5.50. The number of rotatable bonds is 3. The summed E-state index contributed by atoms with van der Waals surface area (Å²) in [7, 11) is 2.18. The van der Waals surface area contributed by atoms with Crippen LogP contribution in [0.15, 0.2) is 36.5 Å². The molecule has 5 heteroatoms. The summed E-state index contributed by atoms with van der Waals surface area (Å²) in [4.78, 5) is 4.82. The van der Waals surface area contributed by atoms with Crippen LogP contribution in [0.25, 0.3) is 0 Å². The molecule has 2 aliphatic rings. The summed E-state index contributed by atoms with van der Waals surface area (Å²) >= 11 is 0. The van der Waals surface area contributed by atoms with E-state index < -0.39 is 0 Å². The van der Waals surface area contributed by atoms with Gasteiger partial charge in [-0.15, -0.1) is 0 Å². The topological polar surface area (TPSA) is 42.6 Å². The van der Waals surface area contributed by atoms with Gasteiger partial charge in [-0.3, -0.25) is 0 Å². The number of hydrazine groups is 1. The Kier molecular flexibility index (Phi) is 3.57. The van der Waals surface area contributed by atoms with Gasteiger partial charge >= 0.3 is 0 Å². The lowest BCUT2D eigenvalue weighted by atomic mass is 10.2. The van der Waals surface area contributed by atoms with Gasteiger partial charge in [0.05, 0.1) is 0 Å². The van der Waals surface area contributed by atoms with Crippen LogP contribution >= 0.6 is 0 Å². The maximum absolute atomic E-state index is 3.39. The average molecular weight is 259 g/mol. The van der Waals surface area contributed by atoms with E-state index in [2.05, 4.69) is 57.3 Å². The van der Waals surface area contributed by atoms with Crippen LogP contribution < -0.4 is 21.1 Å². The van der Waals surface area contributed by atoms with E-state index in [0.29, 0.717) is 0 Å². The quantitative estimate of drug-likeness (QED) is 0.749. The SMILES string of the molecule is CN1CCN(c2ccc(NC3C=CNN3)cc2)CC1. The molecule has 0 radical (unpaired) electrons. The third kappa shape index (κ3) is 3.00. The first kappa shape index (κ1) is 12.3. The predicted molar refractivity (Wildman–Crippen MR) is 79.0 cm³/mol. The fraction of sp³-hybridized carbons (Fsp3) is 0.429. The van der Waals surface area contributed by atoms with Crippen molar-refractivity contribution in [1.29, 1.82) is 0 Å². The molecule has 0 saturated carbocycles. The second-order valence-electron chi connectivity index (χ2n) is 5.11. The highest BCUT2D eigenvalue weighted by atomic mass is 15.4. The van der Waals surface area contributed by atoms with Crippen LogP contribution in [0, 0.1) is 0 Å². The van der Waals surface area contributed by atoms with Crippen molar-refractivity contribution in [2.24, 2.45) is 0 Å². The molecule has 1 aromatic carbocycles. The summed E-state index contributed by atoms with van der Waals surface area (Å²) in [6.45, 7) is 4.51. The van der Waals surface area contributed by atoms with Crippen molar-refractivity contribution in [3.63, 3.8) is 0 Å². The Hall–Kier alpha value is -1.72. The fourth-order valence-electron chi connectivity index (χ4n) is 2.43. The number of hydrogen-bond donors (Lipinski definition) is 3. The van der Waals surface area contributed by atoms with Gasteiger partial charge in [0.25, 0.3) is 0 Å². The zero-order valence-corrected chi connectivity index (χ0v) is 11.3. The number of benzene rings is 1. The normalized spacial score (nSPS) is 23.4. The number of nitrogens with zero attached hydrogens (tertiary/aromatic N) is 2. The van der Waals surface area contributed by atoms with E-state index in [4.69, 9.17) is 0 Å². The van der Waals surface area contributed by atoms with Crippen LogP contribution in [0.1, 0.15) is 0 Å². The van der Waals surface area contributed by atoms with E-state index in [1.54, 1.807) is 0 Å². The summed E-state index contributed by atoms with van der Waals surface area (Å²) in [6, 6.07) is 8.67. The van der Waals surface area contributed by atoms with Gasteiger partial charge in [0.15, 0.2) is 0 Å². The summed E-state index contributed by atoms with van der Waals surface area (Å²) in [5.41, 5.74) is 8.49. The lowest BCUT2D eigenvalue weighted by molar-refractivity contribution is 0.313. The molecule has 1 fully saturated rings. The first-order chi connectivity index (χ1) is 9.31. The van der Waals surface area contributed by atoms with Crippen molar-refractivity contribution in [2.45, 2.75) is 6.17 Å². The fourth-order valence-corrected chi connectivity index (χ4v) is 2.43. The standard InChI is InChI=1S/C14H21N5/c1-18-8-10-19(11-9-18)13-4-2-12(3-5-13)16-14-6-7-15-17-14/h2-7,14-17H,8-11H2,1H3. The van der Waals surface area contributed by atoms with E-state index >= 15 is 0 Å². The first-order valence-corrected chi connectivity index (χ1v) is 6.79. The molecule has 1 saturated heterocycles. The zero-order chi connectivity index (χ0) is 13.1. The molecular formula is C14H21N5. The summed E-state index contributed by atoms with van der Waals surface area (Å²) < 4.78 is 0. The number of likely N-dealkylation sites (N-methyl/N-ethyl adjacent to an activating group) is 1. The zero-order valence-electron chi connectivity index (χ0n) is 11.3. The number of anilines is 2. The highest BCUT2D eigenvalue weighted by molar-refractivity contribution is 5.56. The third-order valence-electron chi connectivity index (χ3n) is 3.67. The Morgan fingerprint density at radius 1 is 1.11 bits per heavy atom. The molecule has 19 heavy (non-hydrogen) atoms. The van der Waals surface area contributed by atoms with Gasteiger partial charge in [-0.05, 0) is 37.4 Å². The van der Waals surface area contributed by atoms with Crippen molar-refractivity contribution in [3.8, 4) is 0 Å². The van der Waals surface area contributed by atoms with Crippen molar-refractivity contribution < 1.29 is 0 Å². The van der Waals surface area contributed by atoms with Crippen molar-refractivity contribution in [3.05, 3.63) is 36.5 Å². The van der Waals surface area contributed by atoms with Crippen molar-refractivity contribution >= 4 is 11.4 Å². The van der Waals surface area contributed by atoms with Gasteiger partial charge in [-0.2, -0.15) is 0 Å². The number of piperazine rings is 1. The molecule has 5 nitrogen and oxygen atoms in total. The van der Waals surface area contributed by atoms with Gasteiger partial charge < -0.3 is 20.5 Å². The van der Waals surface area contributed by atoms with Crippen LogP contribution in [0.2, 0.25) is 0 Å². The van der Waals surface area contributed by atoms with E-state index in [1.165, 1.54) is 5.69 Å². The molecular weight excluding hydrogens is 238 g/mol. The smallest absolute Gasteiger partial charge is 0.115 e. The first-order valence-electron chi connectivity index (χ1n) is 6.79. The van der Waals surface area contributed by atoms with Gasteiger partial charge in [-0.25, -0.2) is 5.43 Å². The Bertz CT molecular complexity index is 434. The highest BCUT2D eigenvalue weighted by Crippen LogP contribution is 2.19. The summed E-state index contributed by atoms with van der Waals surface area (Å²) in [5, 5.41) is 3.39. The Morgan fingerprint density at radius 2 is 1.84 bits per heavy atom. The minimum absolute atomic E-state index is 0.162. The van der Waals surface area contributed by atoms with Crippen LogP contribution in [0.5, 0.6) is 0 Å². The van der Waals surface area contributed by atoms with Crippen LogP contribution in [-0.4, -0.2) is 44.3 Å². The monoisotopic (exact) mass is 259 g/mol. The molecule has 0 bridgehead atoms. The van der Waals surface area contributed by atoms with E-state index in [1.807, 2.05) is 12.3 Å². The molecule has 1 atom stereocenters. The number of hydrogen-bond acceptors (Lipinski definition) is 5. The summed E-state index contributed by atoms with van der Waals surface area (Å²) in [5.74, 6) is 0. The van der Waals surface area contributed by atoms with Gasteiger partial charge in [0.1, 0.15) is 6.17 Å². The molecule has 0 aromatic heterocycles. The van der Waals surface area contributed by atoms with Gasteiger partial charge in [0.2, 0.25) is 0 Å². The second-order valence-corrected chi connectivity index (χ2v) is 5.11. The molecule has 0 spiro atoms. The van der Waals surface area contributed by atoms with Crippen molar-refractivity contribution in [2.75, 3.05) is 43.4 Å². The molecule has 0 aliphatic carbocycles. The maximum Gasteiger partial charge on any atom is 0.115 e. The summed E-state index contributed by atoms with van der Waals surface area (Å²) in [6.07, 6.45) is 4.11. The molecule has 3 N–H and O–H groups in total. The highest BCUT2D eigenvalue weighted by Gasteiger charge is 2.14. The Balaban J connectivity index is 1.60. The molecule has 3 rings (SSSR count). The van der Waals surface area contributed by atoms with Crippen LogP contribution in [-0.2, 0) is 0 Å². The van der Waals surface area contributed by atoms with Crippen molar-refractivity contribution in [1.82, 2.24) is 15.8 Å². The largest absolute Gasteiger partial charge is 0.369 e. The maximum atomic E-state index is 3.39. The third-order valence-corrected chi connectivity index (χ3v) is 3.67. The Labute approximate surface area is 114 Å². The van der Waals surface area contributed by atoms with E-state index in [0.717, 1.165) is 31.9 Å². The van der Waals surface area contributed by atoms with Gasteiger partial charge in [-0.1, -0.05) is 0 Å². The number of nitrogens with one attached hydrogen (secondary N) is 3. The van der Waals surface area contributed by atoms with E-state index in [9.17, 15) is 0 Å².